The summed E-state index contributed by atoms with van der Waals surface area (Å²) >= 11 is 0. The van der Waals surface area contributed by atoms with Crippen LogP contribution in [0.25, 0.3) is 95.0 Å². The van der Waals surface area contributed by atoms with Crippen LogP contribution in [0.2, 0.25) is 0 Å². The molecule has 0 amide bonds. The Morgan fingerprint density at radius 2 is 0.774 bits per heavy atom. The predicted molar refractivity (Wildman–Crippen MR) is 252 cm³/mol. The van der Waals surface area contributed by atoms with Crippen LogP contribution in [0.15, 0.2) is 218 Å². The number of hydrogen-bond acceptors (Lipinski definition) is 3. The Bertz CT molecular complexity index is 3520. The van der Waals surface area contributed by atoms with Crippen LogP contribution in [0.1, 0.15) is 22.3 Å². The van der Waals surface area contributed by atoms with Crippen molar-refractivity contribution in [1.82, 2.24) is 19.5 Å². The van der Waals surface area contributed by atoms with E-state index in [9.17, 15) is 0 Å². The van der Waals surface area contributed by atoms with E-state index in [1.165, 1.54) is 50.1 Å². The number of nitrogens with zero attached hydrogens (tertiary/aromatic N) is 4. The number of para-hydroxylation sites is 2. The first kappa shape index (κ1) is 34.6. The summed E-state index contributed by atoms with van der Waals surface area (Å²) in [7, 11) is 0. The van der Waals surface area contributed by atoms with Gasteiger partial charge in [0, 0.05) is 27.5 Å². The van der Waals surface area contributed by atoms with Crippen molar-refractivity contribution >= 4 is 21.8 Å². The van der Waals surface area contributed by atoms with Crippen molar-refractivity contribution in [2.75, 3.05) is 0 Å². The molecule has 0 saturated heterocycles. The molecular formula is C58H36N4. The molecule has 2 heterocycles. The van der Waals surface area contributed by atoms with Gasteiger partial charge in [-0.1, -0.05) is 206 Å². The highest BCUT2D eigenvalue weighted by atomic mass is 15.2. The van der Waals surface area contributed by atoms with Crippen molar-refractivity contribution in [3.63, 3.8) is 0 Å². The molecule has 4 nitrogen and oxygen atoms in total. The van der Waals surface area contributed by atoms with Gasteiger partial charge in [0.05, 0.1) is 16.4 Å². The number of rotatable bonds is 5. The van der Waals surface area contributed by atoms with Gasteiger partial charge in [0.25, 0.3) is 0 Å². The van der Waals surface area contributed by atoms with Crippen molar-refractivity contribution in [3.05, 3.63) is 241 Å². The zero-order valence-corrected chi connectivity index (χ0v) is 33.6. The van der Waals surface area contributed by atoms with Crippen LogP contribution < -0.4 is 0 Å². The summed E-state index contributed by atoms with van der Waals surface area (Å²) in [6.07, 6.45) is 0. The smallest absolute Gasteiger partial charge is 0.238 e. The molecule has 4 heteroatoms. The normalized spacial score (nSPS) is 13.0. The second-order valence-electron chi connectivity index (χ2n) is 16.3. The summed E-state index contributed by atoms with van der Waals surface area (Å²) in [5, 5.41) is 2.28. The van der Waals surface area contributed by atoms with Crippen LogP contribution in [0.4, 0.5) is 0 Å². The van der Waals surface area contributed by atoms with Crippen LogP contribution in [0, 0.1) is 0 Å². The molecule has 0 bridgehead atoms. The molecule has 9 aromatic carbocycles. The summed E-state index contributed by atoms with van der Waals surface area (Å²) in [4.78, 5) is 16.0. The second-order valence-corrected chi connectivity index (χ2v) is 16.3. The first-order valence-corrected chi connectivity index (χ1v) is 21.2. The Morgan fingerprint density at radius 1 is 0.323 bits per heavy atom. The van der Waals surface area contributed by atoms with Gasteiger partial charge in [-0.2, -0.15) is 9.97 Å². The zero-order valence-electron chi connectivity index (χ0n) is 33.6. The number of benzene rings is 9. The van der Waals surface area contributed by atoms with Gasteiger partial charge in [-0.15, -0.1) is 0 Å². The molecular weight excluding hydrogens is 753 g/mol. The lowest BCUT2D eigenvalue weighted by molar-refractivity contribution is 0.796. The number of aromatic nitrogens is 4. The number of hydrogen-bond donors (Lipinski definition) is 0. The summed E-state index contributed by atoms with van der Waals surface area (Å²) in [5.41, 5.74) is 18.4. The third kappa shape index (κ3) is 4.86. The Labute approximate surface area is 359 Å². The van der Waals surface area contributed by atoms with Gasteiger partial charge in [0.1, 0.15) is 0 Å². The minimum absolute atomic E-state index is 0.515. The molecule has 0 aliphatic heterocycles. The minimum atomic E-state index is -0.515. The zero-order chi connectivity index (χ0) is 40.8. The molecule has 13 rings (SSSR count). The Morgan fingerprint density at radius 3 is 1.47 bits per heavy atom. The summed E-state index contributed by atoms with van der Waals surface area (Å²) in [5.74, 6) is 1.80. The molecule has 0 N–H and O–H groups in total. The van der Waals surface area contributed by atoms with E-state index >= 15 is 0 Å². The van der Waals surface area contributed by atoms with Gasteiger partial charge in [-0.05, 0) is 73.3 Å². The lowest BCUT2D eigenvalue weighted by Crippen LogP contribution is -2.26. The van der Waals surface area contributed by atoms with E-state index in [0.717, 1.165) is 49.6 Å². The van der Waals surface area contributed by atoms with Crippen LogP contribution in [-0.4, -0.2) is 19.5 Å². The predicted octanol–water partition coefficient (Wildman–Crippen LogP) is 14.0. The van der Waals surface area contributed by atoms with Gasteiger partial charge in [0.2, 0.25) is 5.95 Å². The molecule has 0 saturated carbocycles. The minimum Gasteiger partial charge on any atom is -0.277 e. The molecule has 2 aromatic heterocycles. The molecule has 11 aromatic rings. The monoisotopic (exact) mass is 788 g/mol. The lowest BCUT2D eigenvalue weighted by atomic mass is 9.68. The van der Waals surface area contributed by atoms with Crippen molar-refractivity contribution in [3.8, 4) is 73.2 Å². The van der Waals surface area contributed by atoms with Gasteiger partial charge >= 0.3 is 0 Å². The third-order valence-corrected chi connectivity index (χ3v) is 13.1. The van der Waals surface area contributed by atoms with Crippen LogP contribution >= 0.6 is 0 Å². The average molecular weight is 789 g/mol. The highest BCUT2D eigenvalue weighted by Gasteiger charge is 2.52. The maximum atomic E-state index is 5.42. The molecule has 288 valence electrons. The first-order valence-electron chi connectivity index (χ1n) is 21.2. The molecule has 2 aliphatic carbocycles. The summed E-state index contributed by atoms with van der Waals surface area (Å²) < 4.78 is 2.28. The van der Waals surface area contributed by atoms with Crippen LogP contribution in [0.5, 0.6) is 0 Å². The van der Waals surface area contributed by atoms with Gasteiger partial charge in [-0.25, -0.2) is 4.98 Å². The fourth-order valence-corrected chi connectivity index (χ4v) is 10.6. The Kier molecular flexibility index (Phi) is 7.49. The fraction of sp³-hybridized carbons (Fsp3) is 0.0172. The number of fused-ring (bicyclic) bond motifs is 13. The molecule has 0 fully saturated rings. The Balaban J connectivity index is 1.12. The Hall–Kier alpha value is -8.21. The van der Waals surface area contributed by atoms with E-state index in [-0.39, 0.29) is 0 Å². The molecule has 0 radical (unpaired) electrons. The standard InChI is InChI=1S/C58H36N4/c1-3-18-37(19-4-1)39-22-15-23-40(36-39)56-59-55(38-20-5-2-6-21-38)60-57(61-56)62-52-35-14-10-27-44(52)47-30-17-31-48(54(47)62)46-29-16-28-45-43-26-9-13-34-51(43)58(53(45)46)49-32-11-7-24-41(49)42-25-8-12-33-50(42)58/h1-36H. The lowest BCUT2D eigenvalue weighted by Gasteiger charge is -2.32. The van der Waals surface area contributed by atoms with E-state index in [2.05, 4.69) is 199 Å². The largest absolute Gasteiger partial charge is 0.277 e. The SMILES string of the molecule is c1ccc(-c2cccc(-c3nc(-c4ccccc4)nc(-n4c5ccccc5c5cccc(-c6cccc7c6C6(c8ccccc8-c8ccccc86)c6ccccc6-7)c54)n3)c2)cc1. The first-order chi connectivity index (χ1) is 30.8. The average Bonchev–Trinajstić information content (AvgIpc) is 3.97. The van der Waals surface area contributed by atoms with E-state index in [1.807, 2.05) is 24.3 Å². The topological polar surface area (TPSA) is 43.6 Å². The maximum Gasteiger partial charge on any atom is 0.238 e. The van der Waals surface area contributed by atoms with E-state index in [1.54, 1.807) is 0 Å². The van der Waals surface area contributed by atoms with Crippen molar-refractivity contribution < 1.29 is 0 Å². The highest BCUT2D eigenvalue weighted by Crippen LogP contribution is 2.64. The molecule has 0 atom stereocenters. The molecule has 2 aliphatic rings. The van der Waals surface area contributed by atoms with E-state index in [4.69, 9.17) is 15.0 Å². The van der Waals surface area contributed by atoms with E-state index in [0.29, 0.717) is 17.6 Å². The van der Waals surface area contributed by atoms with Gasteiger partial charge in [-0.3, -0.25) is 4.57 Å². The summed E-state index contributed by atoms with van der Waals surface area (Å²) in [6.45, 7) is 0. The molecule has 62 heavy (non-hydrogen) atoms. The third-order valence-electron chi connectivity index (χ3n) is 13.1. The summed E-state index contributed by atoms with van der Waals surface area (Å²) in [6, 6.07) is 78.6. The van der Waals surface area contributed by atoms with E-state index < -0.39 is 5.41 Å². The molecule has 1 spiro atoms. The quantitative estimate of drug-likeness (QED) is 0.174. The van der Waals surface area contributed by atoms with Gasteiger partial charge < -0.3 is 0 Å². The molecule has 0 unspecified atom stereocenters. The fourth-order valence-electron chi connectivity index (χ4n) is 10.6. The highest BCUT2D eigenvalue weighted by molar-refractivity contribution is 6.14. The van der Waals surface area contributed by atoms with Gasteiger partial charge in [0.15, 0.2) is 11.6 Å². The van der Waals surface area contributed by atoms with Crippen molar-refractivity contribution in [1.29, 1.82) is 0 Å². The van der Waals surface area contributed by atoms with Crippen molar-refractivity contribution in [2.24, 2.45) is 0 Å². The second kappa shape index (κ2) is 13.4. The maximum absolute atomic E-state index is 5.42. The van der Waals surface area contributed by atoms with Crippen LogP contribution in [-0.2, 0) is 5.41 Å². The van der Waals surface area contributed by atoms with Crippen molar-refractivity contribution in [2.45, 2.75) is 5.41 Å². The van der Waals surface area contributed by atoms with Crippen LogP contribution in [0.3, 0.4) is 0 Å².